The minimum Gasteiger partial charge on any atom is -0.275 e. The summed E-state index contributed by atoms with van der Waals surface area (Å²) in [5.74, 6) is 0.805. The molecule has 5 heteroatoms. The summed E-state index contributed by atoms with van der Waals surface area (Å²) in [5, 5.41) is 0. The highest BCUT2D eigenvalue weighted by atomic mass is 32.7. The summed E-state index contributed by atoms with van der Waals surface area (Å²) in [6.07, 6.45) is 0. The van der Waals surface area contributed by atoms with Crippen LogP contribution in [0, 0.1) is 0 Å². The maximum atomic E-state index is 5.50. The Hall–Kier alpha value is -0.280. The molecule has 1 unspecified atom stereocenters. The first-order valence-corrected chi connectivity index (χ1v) is 6.53. The van der Waals surface area contributed by atoms with Crippen LogP contribution in [0.25, 0.3) is 0 Å². The minimum atomic E-state index is -2.38. The average Bonchev–Trinajstić information content (AvgIpc) is 2.18. The molecule has 0 spiro atoms. The molecule has 0 saturated carbocycles. The topological polar surface area (TPSA) is 27.7 Å². The fourth-order valence-electron chi connectivity index (χ4n) is 1.10. The highest BCUT2D eigenvalue weighted by Gasteiger charge is 2.45. The standard InChI is InChI=1S/C8H10O3PS/c1-9-12(13)10-6-7-4-2-3-5-8(7)11-12/h2-5,13H,6H2,1H3/q+1. The SMILES string of the molecule is CO[P+]1(S)OCc2ccccc2O1. The summed E-state index contributed by atoms with van der Waals surface area (Å²) in [6, 6.07) is 7.71. The lowest BCUT2D eigenvalue weighted by atomic mass is 10.2. The third kappa shape index (κ3) is 1.81. The van der Waals surface area contributed by atoms with E-state index in [1.807, 2.05) is 24.3 Å². The van der Waals surface area contributed by atoms with Crippen LogP contribution in [0.4, 0.5) is 0 Å². The molecule has 2 rings (SSSR count). The van der Waals surface area contributed by atoms with E-state index in [9.17, 15) is 0 Å². The molecule has 0 radical (unpaired) electrons. The van der Waals surface area contributed by atoms with Crippen molar-refractivity contribution >= 4 is 19.4 Å². The van der Waals surface area contributed by atoms with Gasteiger partial charge < -0.3 is 0 Å². The largest absolute Gasteiger partial charge is 0.521 e. The van der Waals surface area contributed by atoms with Gasteiger partial charge in [0.2, 0.25) is 0 Å². The van der Waals surface area contributed by atoms with Gasteiger partial charge in [0.05, 0.1) is 7.11 Å². The predicted octanol–water partition coefficient (Wildman–Crippen LogP) is 2.85. The van der Waals surface area contributed by atoms with E-state index < -0.39 is 7.15 Å². The fraction of sp³-hybridized carbons (Fsp3) is 0.250. The van der Waals surface area contributed by atoms with Gasteiger partial charge >= 0.3 is 7.15 Å². The molecule has 70 valence electrons. The molecule has 0 aliphatic carbocycles. The van der Waals surface area contributed by atoms with Crippen LogP contribution in [0.1, 0.15) is 5.56 Å². The van der Waals surface area contributed by atoms with E-state index in [0.717, 1.165) is 11.3 Å². The second-order valence-corrected chi connectivity index (χ2v) is 5.84. The van der Waals surface area contributed by atoms with Crippen molar-refractivity contribution < 1.29 is 13.6 Å². The highest BCUT2D eigenvalue weighted by molar-refractivity contribution is 8.47. The van der Waals surface area contributed by atoms with E-state index in [1.54, 1.807) is 0 Å². The van der Waals surface area contributed by atoms with E-state index in [-0.39, 0.29) is 0 Å². The van der Waals surface area contributed by atoms with Crippen molar-refractivity contribution in [3.63, 3.8) is 0 Å². The van der Waals surface area contributed by atoms with Crippen molar-refractivity contribution in [3.8, 4) is 5.75 Å². The van der Waals surface area contributed by atoms with Crippen LogP contribution in [-0.2, 0) is 15.7 Å². The number of benzene rings is 1. The smallest absolute Gasteiger partial charge is 0.275 e. The molecule has 0 fully saturated rings. The molecule has 1 heterocycles. The van der Waals surface area contributed by atoms with Gasteiger partial charge in [0.1, 0.15) is 18.9 Å². The van der Waals surface area contributed by atoms with Crippen molar-refractivity contribution in [1.82, 2.24) is 0 Å². The van der Waals surface area contributed by atoms with Gasteiger partial charge in [-0.1, -0.05) is 18.2 Å². The number of fused-ring (bicyclic) bond motifs is 1. The number of hydrogen-bond donors (Lipinski definition) is 1. The Morgan fingerprint density at radius 1 is 1.46 bits per heavy atom. The molecule has 13 heavy (non-hydrogen) atoms. The van der Waals surface area contributed by atoms with Gasteiger partial charge in [-0.2, -0.15) is 9.05 Å². The maximum absolute atomic E-state index is 5.50. The molecular weight excluding hydrogens is 207 g/mol. The van der Waals surface area contributed by atoms with Gasteiger partial charge in [0.25, 0.3) is 0 Å². The summed E-state index contributed by atoms with van der Waals surface area (Å²) in [7, 11) is -0.846. The predicted molar refractivity (Wildman–Crippen MR) is 54.8 cm³/mol. The van der Waals surface area contributed by atoms with Crippen molar-refractivity contribution in [2.24, 2.45) is 0 Å². The third-order valence-corrected chi connectivity index (χ3v) is 4.23. The van der Waals surface area contributed by atoms with Gasteiger partial charge in [-0.05, 0) is 6.07 Å². The molecule has 3 nitrogen and oxygen atoms in total. The Balaban J connectivity index is 2.29. The summed E-state index contributed by atoms with van der Waals surface area (Å²) >= 11 is 4.22. The molecule has 0 aromatic heterocycles. The molecule has 0 bridgehead atoms. The number of hydrogen-bond acceptors (Lipinski definition) is 4. The van der Waals surface area contributed by atoms with Crippen LogP contribution in [0.2, 0.25) is 0 Å². The van der Waals surface area contributed by atoms with Gasteiger partial charge in [-0.3, -0.25) is 4.52 Å². The Kier molecular flexibility index (Phi) is 2.47. The van der Waals surface area contributed by atoms with E-state index in [0.29, 0.717) is 6.61 Å². The third-order valence-electron chi connectivity index (χ3n) is 1.80. The zero-order chi connectivity index (χ0) is 9.31. The lowest BCUT2D eigenvalue weighted by Crippen LogP contribution is -2.09. The molecule has 0 saturated heterocycles. The molecule has 0 amide bonds. The second kappa shape index (κ2) is 3.46. The number of rotatable bonds is 1. The number of para-hydroxylation sites is 1. The molecule has 0 N–H and O–H groups in total. The van der Waals surface area contributed by atoms with Gasteiger partial charge in [-0.15, -0.1) is 0 Å². The average molecular weight is 217 g/mol. The van der Waals surface area contributed by atoms with E-state index >= 15 is 0 Å². The van der Waals surface area contributed by atoms with Crippen molar-refractivity contribution in [1.29, 1.82) is 0 Å². The summed E-state index contributed by atoms with van der Waals surface area (Å²) < 4.78 is 15.9. The first-order valence-electron chi connectivity index (χ1n) is 3.83. The molecular formula is C8H10O3PS+. The van der Waals surface area contributed by atoms with Crippen LogP contribution in [0.5, 0.6) is 5.75 Å². The highest BCUT2D eigenvalue weighted by Crippen LogP contribution is 2.68. The Bertz CT molecular complexity index is 320. The quantitative estimate of drug-likeness (QED) is 0.579. The minimum absolute atomic E-state index is 0.501. The van der Waals surface area contributed by atoms with Crippen molar-refractivity contribution in [3.05, 3.63) is 29.8 Å². The summed E-state index contributed by atoms with van der Waals surface area (Å²) in [4.78, 5) is 0. The molecule has 1 aromatic carbocycles. The second-order valence-electron chi connectivity index (χ2n) is 2.62. The first kappa shape index (κ1) is 9.28. The lowest BCUT2D eigenvalue weighted by molar-refractivity contribution is 0.200. The fourth-order valence-corrected chi connectivity index (χ4v) is 2.50. The van der Waals surface area contributed by atoms with Crippen LogP contribution in [0.3, 0.4) is 0 Å². The Morgan fingerprint density at radius 2 is 2.23 bits per heavy atom. The van der Waals surface area contributed by atoms with Crippen LogP contribution in [0.15, 0.2) is 24.3 Å². The van der Waals surface area contributed by atoms with E-state index in [1.165, 1.54) is 7.11 Å². The summed E-state index contributed by atoms with van der Waals surface area (Å²) in [6.45, 7) is 0.501. The van der Waals surface area contributed by atoms with E-state index in [4.69, 9.17) is 13.6 Å². The Labute approximate surface area is 82.7 Å². The van der Waals surface area contributed by atoms with Crippen molar-refractivity contribution in [2.45, 2.75) is 6.61 Å². The zero-order valence-electron chi connectivity index (χ0n) is 7.14. The molecule has 1 atom stereocenters. The Morgan fingerprint density at radius 3 is 3.00 bits per heavy atom. The van der Waals surface area contributed by atoms with Gasteiger partial charge in [0.15, 0.2) is 5.75 Å². The van der Waals surface area contributed by atoms with Crippen molar-refractivity contribution in [2.75, 3.05) is 7.11 Å². The van der Waals surface area contributed by atoms with Crippen LogP contribution >= 0.6 is 19.4 Å². The first-order chi connectivity index (χ1) is 6.23. The zero-order valence-corrected chi connectivity index (χ0v) is 8.92. The number of thiol groups is 1. The van der Waals surface area contributed by atoms with Gasteiger partial charge in [0, 0.05) is 5.56 Å². The maximum Gasteiger partial charge on any atom is 0.521 e. The molecule has 1 aliphatic heterocycles. The molecule has 1 aliphatic rings. The van der Waals surface area contributed by atoms with Gasteiger partial charge in [-0.25, -0.2) is 0 Å². The van der Waals surface area contributed by atoms with Crippen LogP contribution < -0.4 is 4.52 Å². The van der Waals surface area contributed by atoms with E-state index in [2.05, 4.69) is 12.2 Å². The summed E-state index contributed by atoms with van der Waals surface area (Å²) in [5.41, 5.74) is 1.03. The van der Waals surface area contributed by atoms with Crippen LogP contribution in [-0.4, -0.2) is 7.11 Å². The monoisotopic (exact) mass is 217 g/mol. The normalized spacial score (nSPS) is 26.3. The lowest BCUT2D eigenvalue weighted by Gasteiger charge is -2.21. The molecule has 1 aromatic rings.